The van der Waals surface area contributed by atoms with Gasteiger partial charge in [-0.3, -0.25) is 0 Å². The Hall–Kier alpha value is -3.27. The number of sulfone groups is 1. The summed E-state index contributed by atoms with van der Waals surface area (Å²) in [5.74, 6) is 1.36. The van der Waals surface area contributed by atoms with Crippen molar-refractivity contribution in [3.63, 3.8) is 0 Å². The molecule has 0 aliphatic carbocycles. The second kappa shape index (κ2) is 8.50. The van der Waals surface area contributed by atoms with E-state index in [4.69, 9.17) is 8.94 Å². The Morgan fingerprint density at radius 1 is 1.09 bits per heavy atom. The summed E-state index contributed by atoms with van der Waals surface area (Å²) in [5.41, 5.74) is 2.27. The number of anilines is 1. The van der Waals surface area contributed by atoms with E-state index in [0.717, 1.165) is 49.8 Å². The molecule has 1 fully saturated rings. The van der Waals surface area contributed by atoms with E-state index in [0.29, 0.717) is 17.0 Å². The van der Waals surface area contributed by atoms with E-state index < -0.39 is 15.7 Å². The first-order valence-electron chi connectivity index (χ1n) is 11.2. The molecule has 1 saturated heterocycles. The lowest BCUT2D eigenvalue weighted by molar-refractivity contribution is 0.326. The van der Waals surface area contributed by atoms with Crippen LogP contribution in [0.1, 0.15) is 50.2 Å². The van der Waals surface area contributed by atoms with Gasteiger partial charge in [-0.25, -0.2) is 17.8 Å². The lowest BCUT2D eigenvalue weighted by Crippen LogP contribution is -2.32. The average molecular weight is 485 g/mol. The number of halogens is 1. The molecule has 34 heavy (non-hydrogen) atoms. The molecule has 4 aromatic rings. The first-order valence-corrected chi connectivity index (χ1v) is 13.1. The number of benzene rings is 2. The van der Waals surface area contributed by atoms with Gasteiger partial charge in [0.25, 0.3) is 0 Å². The third-order valence-corrected chi connectivity index (χ3v) is 7.26. The molecule has 0 amide bonds. The van der Waals surface area contributed by atoms with Crippen molar-refractivity contribution in [1.82, 2.24) is 15.1 Å². The summed E-state index contributed by atoms with van der Waals surface area (Å²) in [5, 5.41) is 4.08. The molecule has 5 rings (SSSR count). The SMILES string of the molecule is CC(C)c1noc(C2CCN(c3ccc4oc(-c5ccc(S(C)(=O)=O)cc5F)nc4c3)CC2)n1. The molecule has 0 bridgehead atoms. The van der Waals surface area contributed by atoms with Crippen LogP contribution >= 0.6 is 0 Å². The van der Waals surface area contributed by atoms with Crippen molar-refractivity contribution in [3.8, 4) is 11.5 Å². The lowest BCUT2D eigenvalue weighted by Gasteiger charge is -2.32. The van der Waals surface area contributed by atoms with Crippen LogP contribution in [-0.2, 0) is 9.84 Å². The Morgan fingerprint density at radius 3 is 2.50 bits per heavy atom. The van der Waals surface area contributed by atoms with Crippen molar-refractivity contribution in [2.75, 3.05) is 24.2 Å². The molecule has 0 unspecified atom stereocenters. The first kappa shape index (κ1) is 22.5. The Kier molecular flexibility index (Phi) is 5.63. The standard InChI is InChI=1S/C24H25FN4O4S/c1-14(2)22-27-23(33-28-22)15-8-10-29(11-9-15)16-4-7-21-20(12-16)26-24(32-21)18-6-5-17(13-19(18)25)34(3,30)31/h4-7,12-15H,8-11H2,1-3H3. The number of piperidine rings is 1. The largest absolute Gasteiger partial charge is 0.436 e. The number of nitrogens with zero attached hydrogens (tertiary/aromatic N) is 4. The zero-order valence-corrected chi connectivity index (χ0v) is 20.0. The van der Waals surface area contributed by atoms with E-state index in [9.17, 15) is 12.8 Å². The molecular formula is C24H25FN4O4S. The van der Waals surface area contributed by atoms with Gasteiger partial charge in [0, 0.05) is 36.9 Å². The molecule has 2 aromatic carbocycles. The van der Waals surface area contributed by atoms with Gasteiger partial charge in [-0.15, -0.1) is 0 Å². The van der Waals surface area contributed by atoms with Gasteiger partial charge in [-0.05, 0) is 49.2 Å². The highest BCUT2D eigenvalue weighted by atomic mass is 32.2. The summed E-state index contributed by atoms with van der Waals surface area (Å²) >= 11 is 0. The Morgan fingerprint density at radius 2 is 1.85 bits per heavy atom. The summed E-state index contributed by atoms with van der Waals surface area (Å²) in [7, 11) is -3.50. The van der Waals surface area contributed by atoms with Gasteiger partial charge in [0.15, 0.2) is 21.2 Å². The summed E-state index contributed by atoms with van der Waals surface area (Å²) in [6, 6.07) is 9.43. The van der Waals surface area contributed by atoms with Crippen molar-refractivity contribution >= 4 is 26.6 Å². The number of aromatic nitrogens is 3. The summed E-state index contributed by atoms with van der Waals surface area (Å²) in [6.45, 7) is 5.76. The quantitative estimate of drug-likeness (QED) is 0.393. The maximum atomic E-state index is 14.6. The number of rotatable bonds is 5. The second-order valence-corrected chi connectivity index (χ2v) is 11.0. The summed E-state index contributed by atoms with van der Waals surface area (Å²) in [6.07, 6.45) is 2.84. The van der Waals surface area contributed by atoms with Crippen LogP contribution < -0.4 is 4.90 Å². The van der Waals surface area contributed by atoms with Crippen LogP contribution in [0.4, 0.5) is 10.1 Å². The van der Waals surface area contributed by atoms with Crippen LogP contribution in [0.3, 0.4) is 0 Å². The molecule has 8 nitrogen and oxygen atoms in total. The molecule has 2 aromatic heterocycles. The zero-order valence-electron chi connectivity index (χ0n) is 19.2. The van der Waals surface area contributed by atoms with Gasteiger partial charge < -0.3 is 13.8 Å². The smallest absolute Gasteiger partial charge is 0.230 e. The van der Waals surface area contributed by atoms with Crippen LogP contribution in [0.25, 0.3) is 22.6 Å². The van der Waals surface area contributed by atoms with E-state index in [1.54, 1.807) is 0 Å². The van der Waals surface area contributed by atoms with Gasteiger partial charge in [-0.2, -0.15) is 4.98 Å². The number of fused-ring (bicyclic) bond motifs is 1. The molecular weight excluding hydrogens is 459 g/mol. The van der Waals surface area contributed by atoms with Gasteiger partial charge in [0.05, 0.1) is 10.5 Å². The number of hydrogen-bond acceptors (Lipinski definition) is 8. The zero-order chi connectivity index (χ0) is 24.0. The number of hydrogen-bond donors (Lipinski definition) is 0. The molecule has 1 aliphatic rings. The van der Waals surface area contributed by atoms with Crippen LogP contribution in [0.2, 0.25) is 0 Å². The Balaban J connectivity index is 1.33. The predicted octanol–water partition coefficient (Wildman–Crippen LogP) is 4.93. The highest BCUT2D eigenvalue weighted by Crippen LogP contribution is 2.33. The van der Waals surface area contributed by atoms with Crippen LogP contribution in [0.5, 0.6) is 0 Å². The van der Waals surface area contributed by atoms with Gasteiger partial charge in [0.2, 0.25) is 11.8 Å². The van der Waals surface area contributed by atoms with Crippen LogP contribution in [0, 0.1) is 5.82 Å². The van der Waals surface area contributed by atoms with Crippen molar-refractivity contribution in [2.24, 2.45) is 0 Å². The highest BCUT2D eigenvalue weighted by Gasteiger charge is 2.26. The van der Waals surface area contributed by atoms with Gasteiger partial charge >= 0.3 is 0 Å². The third-order valence-electron chi connectivity index (χ3n) is 6.15. The fourth-order valence-electron chi connectivity index (χ4n) is 4.16. The van der Waals surface area contributed by atoms with Gasteiger partial charge in [0.1, 0.15) is 11.3 Å². The molecule has 0 saturated carbocycles. The highest BCUT2D eigenvalue weighted by molar-refractivity contribution is 7.90. The normalized spacial score (nSPS) is 15.5. The fourth-order valence-corrected chi connectivity index (χ4v) is 4.79. The molecule has 3 heterocycles. The maximum absolute atomic E-state index is 14.6. The minimum atomic E-state index is -3.50. The average Bonchev–Trinajstić information content (AvgIpc) is 3.45. The first-order chi connectivity index (χ1) is 16.2. The Bertz CT molecular complexity index is 1450. The third kappa shape index (κ3) is 4.29. The van der Waals surface area contributed by atoms with Gasteiger partial charge in [-0.1, -0.05) is 19.0 Å². The Labute approximate surface area is 196 Å². The van der Waals surface area contributed by atoms with Crippen molar-refractivity contribution in [2.45, 2.75) is 43.4 Å². The fraction of sp³-hybridized carbons (Fsp3) is 0.375. The lowest BCUT2D eigenvalue weighted by atomic mass is 9.96. The second-order valence-electron chi connectivity index (χ2n) is 8.99. The van der Waals surface area contributed by atoms with E-state index in [1.165, 1.54) is 12.1 Å². The van der Waals surface area contributed by atoms with Crippen LogP contribution in [0.15, 0.2) is 50.2 Å². The topological polar surface area (TPSA) is 102 Å². The van der Waals surface area contributed by atoms with E-state index >= 15 is 0 Å². The van der Waals surface area contributed by atoms with E-state index in [-0.39, 0.29) is 28.2 Å². The van der Waals surface area contributed by atoms with E-state index in [2.05, 4.69) is 20.0 Å². The predicted molar refractivity (Wildman–Crippen MR) is 125 cm³/mol. The summed E-state index contributed by atoms with van der Waals surface area (Å²) in [4.78, 5) is 11.2. The minimum absolute atomic E-state index is 0.0866. The molecule has 0 spiro atoms. The minimum Gasteiger partial charge on any atom is -0.436 e. The van der Waals surface area contributed by atoms with Crippen molar-refractivity contribution in [3.05, 3.63) is 53.9 Å². The van der Waals surface area contributed by atoms with Crippen molar-refractivity contribution < 1.29 is 21.7 Å². The molecule has 178 valence electrons. The van der Waals surface area contributed by atoms with E-state index in [1.807, 2.05) is 32.0 Å². The van der Waals surface area contributed by atoms with Crippen molar-refractivity contribution in [1.29, 1.82) is 0 Å². The maximum Gasteiger partial charge on any atom is 0.230 e. The molecule has 0 radical (unpaired) electrons. The molecule has 0 N–H and O–H groups in total. The monoisotopic (exact) mass is 484 g/mol. The molecule has 1 aliphatic heterocycles. The molecule has 0 atom stereocenters. The summed E-state index contributed by atoms with van der Waals surface area (Å²) < 4.78 is 49.2. The molecule has 10 heteroatoms. The number of oxazole rings is 1. The van der Waals surface area contributed by atoms with Crippen LogP contribution in [-0.4, -0.2) is 42.9 Å².